The van der Waals surface area contributed by atoms with Crippen molar-refractivity contribution in [1.82, 2.24) is 15.0 Å². The normalized spacial score (nSPS) is 10.8. The van der Waals surface area contributed by atoms with Crippen molar-refractivity contribution < 1.29 is 4.79 Å². The van der Waals surface area contributed by atoms with Gasteiger partial charge >= 0.3 is 0 Å². The van der Waals surface area contributed by atoms with Gasteiger partial charge in [0, 0.05) is 35.2 Å². The number of aromatic amines is 1. The van der Waals surface area contributed by atoms with Crippen LogP contribution in [-0.2, 0) is 0 Å². The molecule has 0 spiro atoms. The molecule has 0 aliphatic carbocycles. The fourth-order valence-electron chi connectivity index (χ4n) is 2.58. The Balaban J connectivity index is 1.70. The molecule has 0 bridgehead atoms. The van der Waals surface area contributed by atoms with Crippen molar-refractivity contribution in [2.24, 2.45) is 0 Å². The summed E-state index contributed by atoms with van der Waals surface area (Å²) in [4.78, 5) is 36.3. The highest BCUT2D eigenvalue weighted by Crippen LogP contribution is 2.16. The smallest absolute Gasteiger partial charge is 0.261 e. The number of aromatic nitrogens is 3. The van der Waals surface area contributed by atoms with E-state index in [1.54, 1.807) is 48.8 Å². The Kier molecular flexibility index (Phi) is 3.28. The van der Waals surface area contributed by atoms with E-state index in [0.717, 1.165) is 5.52 Å². The summed E-state index contributed by atoms with van der Waals surface area (Å²) in [6.07, 6.45) is 4.62. The van der Waals surface area contributed by atoms with E-state index in [-0.39, 0.29) is 11.0 Å². The van der Waals surface area contributed by atoms with Crippen molar-refractivity contribution >= 4 is 33.5 Å². The first-order valence-electron chi connectivity index (χ1n) is 7.35. The van der Waals surface area contributed by atoms with Gasteiger partial charge in [0.2, 0.25) is 5.43 Å². The van der Waals surface area contributed by atoms with Gasteiger partial charge in [0.25, 0.3) is 5.91 Å². The predicted octanol–water partition coefficient (Wildman–Crippen LogP) is 2.72. The summed E-state index contributed by atoms with van der Waals surface area (Å²) >= 11 is 0. The molecule has 4 rings (SSSR count). The number of fused-ring (bicyclic) bond motifs is 2. The second kappa shape index (κ2) is 5.58. The number of nitrogens with zero attached hydrogens (tertiary/aromatic N) is 2. The molecular formula is C18H12N4O2. The Morgan fingerprint density at radius 2 is 1.79 bits per heavy atom. The first kappa shape index (κ1) is 14.1. The maximum atomic E-state index is 12.5. The lowest BCUT2D eigenvalue weighted by atomic mass is 10.1. The molecule has 1 amide bonds. The minimum Gasteiger partial charge on any atom is -0.360 e. The molecule has 4 aromatic rings. The number of hydrogen-bond acceptors (Lipinski definition) is 4. The largest absolute Gasteiger partial charge is 0.360 e. The third-order valence-corrected chi connectivity index (χ3v) is 3.76. The number of carbonyl (C=O) groups is 1. The molecule has 6 heteroatoms. The van der Waals surface area contributed by atoms with Gasteiger partial charge < -0.3 is 10.3 Å². The number of hydrogen-bond donors (Lipinski definition) is 2. The van der Waals surface area contributed by atoms with Crippen LogP contribution in [0.1, 0.15) is 10.4 Å². The second-order valence-corrected chi connectivity index (χ2v) is 5.29. The summed E-state index contributed by atoms with van der Waals surface area (Å²) in [6, 6.07) is 12.3. The molecule has 0 radical (unpaired) electrons. The quantitative estimate of drug-likeness (QED) is 0.595. The zero-order chi connectivity index (χ0) is 16.5. The zero-order valence-electron chi connectivity index (χ0n) is 12.5. The Hall–Kier alpha value is -3.54. The number of H-pyrrole nitrogens is 1. The van der Waals surface area contributed by atoms with Crippen LogP contribution in [0.25, 0.3) is 21.9 Å². The predicted molar refractivity (Wildman–Crippen MR) is 92.1 cm³/mol. The summed E-state index contributed by atoms with van der Waals surface area (Å²) < 4.78 is 0. The minimum atomic E-state index is -0.467. The van der Waals surface area contributed by atoms with Crippen molar-refractivity contribution in [3.63, 3.8) is 0 Å². The molecule has 0 saturated carbocycles. The summed E-state index contributed by atoms with van der Waals surface area (Å²) in [7, 11) is 0. The number of anilines is 1. The van der Waals surface area contributed by atoms with Crippen molar-refractivity contribution in [2.75, 3.05) is 5.32 Å². The van der Waals surface area contributed by atoms with E-state index >= 15 is 0 Å². The molecule has 2 heterocycles. The Bertz CT molecular complexity index is 1130. The summed E-state index contributed by atoms with van der Waals surface area (Å²) in [6.45, 7) is 0. The number of carbonyl (C=O) groups excluding carboxylic acids is 1. The molecule has 0 atom stereocenters. The van der Waals surface area contributed by atoms with Gasteiger partial charge in [0.05, 0.1) is 11.0 Å². The summed E-state index contributed by atoms with van der Waals surface area (Å²) in [5.41, 5.74) is 2.41. The van der Waals surface area contributed by atoms with Crippen LogP contribution >= 0.6 is 0 Å². The Morgan fingerprint density at radius 3 is 2.67 bits per heavy atom. The number of amides is 1. The van der Waals surface area contributed by atoms with E-state index in [4.69, 9.17) is 0 Å². The lowest BCUT2D eigenvalue weighted by Crippen LogP contribution is -2.21. The molecular weight excluding hydrogens is 304 g/mol. The van der Waals surface area contributed by atoms with Crippen LogP contribution in [0.5, 0.6) is 0 Å². The number of pyridine rings is 1. The molecule has 0 aliphatic rings. The lowest BCUT2D eigenvalue weighted by Gasteiger charge is -2.06. The van der Waals surface area contributed by atoms with Crippen LogP contribution < -0.4 is 10.7 Å². The van der Waals surface area contributed by atoms with Gasteiger partial charge in [0.15, 0.2) is 0 Å². The lowest BCUT2D eigenvalue weighted by molar-refractivity contribution is 0.102. The third kappa shape index (κ3) is 2.40. The highest BCUT2D eigenvalue weighted by atomic mass is 16.2. The highest BCUT2D eigenvalue weighted by Gasteiger charge is 2.13. The molecule has 0 aliphatic heterocycles. The minimum absolute atomic E-state index is 0.0629. The zero-order valence-corrected chi connectivity index (χ0v) is 12.5. The van der Waals surface area contributed by atoms with Gasteiger partial charge in [0.1, 0.15) is 5.56 Å². The number of nitrogens with one attached hydrogen (secondary N) is 2. The molecule has 0 unspecified atom stereocenters. The van der Waals surface area contributed by atoms with Crippen molar-refractivity contribution in [1.29, 1.82) is 0 Å². The molecule has 0 fully saturated rings. The first-order chi connectivity index (χ1) is 11.7. The molecule has 6 nitrogen and oxygen atoms in total. The van der Waals surface area contributed by atoms with Gasteiger partial charge in [-0.25, -0.2) is 0 Å². The molecule has 2 aromatic carbocycles. The topological polar surface area (TPSA) is 87.7 Å². The van der Waals surface area contributed by atoms with Crippen molar-refractivity contribution in [3.8, 4) is 0 Å². The fourth-order valence-corrected chi connectivity index (χ4v) is 2.58. The number of rotatable bonds is 2. The van der Waals surface area contributed by atoms with Crippen LogP contribution in [0, 0.1) is 0 Å². The third-order valence-electron chi connectivity index (χ3n) is 3.76. The van der Waals surface area contributed by atoms with Crippen LogP contribution in [0.3, 0.4) is 0 Å². The van der Waals surface area contributed by atoms with Crippen LogP contribution in [0.4, 0.5) is 5.69 Å². The average molecular weight is 316 g/mol. The molecule has 2 N–H and O–H groups in total. The SMILES string of the molecule is O=C(Nc1ccc2nccnc2c1)c1c[nH]c2ccccc2c1=O. The maximum Gasteiger partial charge on any atom is 0.261 e. The molecule has 116 valence electrons. The van der Waals surface area contributed by atoms with Crippen LogP contribution in [0.15, 0.2) is 65.8 Å². The van der Waals surface area contributed by atoms with E-state index in [2.05, 4.69) is 20.3 Å². The van der Waals surface area contributed by atoms with E-state index in [0.29, 0.717) is 22.1 Å². The van der Waals surface area contributed by atoms with Gasteiger partial charge in [-0.3, -0.25) is 19.6 Å². The average Bonchev–Trinajstić information content (AvgIpc) is 2.62. The van der Waals surface area contributed by atoms with Crippen molar-refractivity contribution in [2.45, 2.75) is 0 Å². The molecule has 2 aromatic heterocycles. The van der Waals surface area contributed by atoms with Gasteiger partial charge in [-0.05, 0) is 30.3 Å². The fraction of sp³-hybridized carbons (Fsp3) is 0. The molecule has 0 saturated heterocycles. The van der Waals surface area contributed by atoms with Gasteiger partial charge in [-0.15, -0.1) is 0 Å². The highest BCUT2D eigenvalue weighted by molar-refractivity contribution is 6.06. The standard InChI is InChI=1S/C18H12N4O2/c23-17-12-3-1-2-4-14(12)21-10-13(17)18(24)22-11-5-6-15-16(9-11)20-8-7-19-15/h1-10H,(H,21,23)(H,22,24). The van der Waals surface area contributed by atoms with E-state index in [1.807, 2.05) is 6.07 Å². The van der Waals surface area contributed by atoms with E-state index in [1.165, 1.54) is 6.20 Å². The summed E-state index contributed by atoms with van der Waals surface area (Å²) in [5.74, 6) is -0.467. The number of benzene rings is 2. The van der Waals surface area contributed by atoms with E-state index in [9.17, 15) is 9.59 Å². The monoisotopic (exact) mass is 316 g/mol. The van der Waals surface area contributed by atoms with Crippen LogP contribution in [-0.4, -0.2) is 20.9 Å². The van der Waals surface area contributed by atoms with Gasteiger partial charge in [-0.2, -0.15) is 0 Å². The molecule has 24 heavy (non-hydrogen) atoms. The maximum absolute atomic E-state index is 12.5. The Morgan fingerprint density at radius 1 is 1.00 bits per heavy atom. The van der Waals surface area contributed by atoms with Gasteiger partial charge in [-0.1, -0.05) is 12.1 Å². The van der Waals surface area contributed by atoms with Crippen LogP contribution in [0.2, 0.25) is 0 Å². The van der Waals surface area contributed by atoms with Crippen molar-refractivity contribution in [3.05, 3.63) is 76.8 Å². The van der Waals surface area contributed by atoms with E-state index < -0.39 is 5.91 Å². The first-order valence-corrected chi connectivity index (χ1v) is 7.35. The Labute approximate surface area is 136 Å². The summed E-state index contributed by atoms with van der Waals surface area (Å²) in [5, 5.41) is 3.21. The number of para-hydroxylation sites is 1. The second-order valence-electron chi connectivity index (χ2n) is 5.29.